The highest BCUT2D eigenvalue weighted by Gasteiger charge is 2.35. The molecule has 3 nitrogen and oxygen atoms in total. The monoisotopic (exact) mass is 195 g/mol. The van der Waals surface area contributed by atoms with Crippen LogP contribution in [0, 0.1) is 0 Å². The summed E-state index contributed by atoms with van der Waals surface area (Å²) in [6.45, 7) is 5.88. The zero-order valence-electron chi connectivity index (χ0n) is 8.75. The van der Waals surface area contributed by atoms with Gasteiger partial charge in [-0.3, -0.25) is 0 Å². The van der Waals surface area contributed by atoms with E-state index in [-0.39, 0.29) is 5.60 Å². The highest BCUT2D eigenvalue weighted by atomic mass is 16.5. The van der Waals surface area contributed by atoms with Crippen molar-refractivity contribution in [3.05, 3.63) is 24.2 Å². The highest BCUT2D eigenvalue weighted by molar-refractivity contribution is 4.99. The third-order valence-corrected chi connectivity index (χ3v) is 2.82. The van der Waals surface area contributed by atoms with Crippen LogP contribution in [0.15, 0.2) is 22.8 Å². The number of rotatable bonds is 3. The second kappa shape index (κ2) is 3.75. The molecule has 2 rings (SSSR count). The van der Waals surface area contributed by atoms with Gasteiger partial charge < -0.3 is 14.5 Å². The molecule has 0 radical (unpaired) electrons. The minimum Gasteiger partial charge on any atom is -0.468 e. The molecule has 1 aliphatic rings. The fourth-order valence-electron chi connectivity index (χ4n) is 1.87. The van der Waals surface area contributed by atoms with Gasteiger partial charge in [-0.05, 0) is 32.4 Å². The normalized spacial score (nSPS) is 25.4. The molecule has 0 spiro atoms. The minimum atomic E-state index is -0.0490. The number of hydrogen-bond donors (Lipinski definition) is 1. The van der Waals surface area contributed by atoms with E-state index in [1.54, 1.807) is 6.26 Å². The summed E-state index contributed by atoms with van der Waals surface area (Å²) in [5, 5.41) is 3.46. The van der Waals surface area contributed by atoms with Crippen molar-refractivity contribution in [1.82, 2.24) is 5.32 Å². The molecular formula is C11H17NO2. The van der Waals surface area contributed by atoms with Crippen LogP contribution in [0.25, 0.3) is 0 Å². The standard InChI is InChI=1S/C11H17NO2/c1-11(2)10(5-7-14-11)12-8-9-4-3-6-13-9/h3-4,6,10,12H,5,7-8H2,1-2H3. The maximum Gasteiger partial charge on any atom is 0.117 e. The molecule has 2 heterocycles. The maximum atomic E-state index is 5.63. The van der Waals surface area contributed by atoms with Crippen molar-refractivity contribution in [3.8, 4) is 0 Å². The Kier molecular flexibility index (Phi) is 2.61. The molecule has 14 heavy (non-hydrogen) atoms. The zero-order chi connectivity index (χ0) is 10.0. The van der Waals surface area contributed by atoms with Crippen molar-refractivity contribution in [1.29, 1.82) is 0 Å². The van der Waals surface area contributed by atoms with E-state index in [0.29, 0.717) is 6.04 Å². The van der Waals surface area contributed by atoms with E-state index in [2.05, 4.69) is 19.2 Å². The molecule has 1 aromatic rings. The van der Waals surface area contributed by atoms with E-state index in [0.717, 1.165) is 25.3 Å². The Morgan fingerprint density at radius 1 is 1.57 bits per heavy atom. The maximum absolute atomic E-state index is 5.63. The summed E-state index contributed by atoms with van der Waals surface area (Å²) in [6, 6.07) is 4.32. The molecule has 1 aliphatic heterocycles. The van der Waals surface area contributed by atoms with Gasteiger partial charge in [-0.1, -0.05) is 0 Å². The van der Waals surface area contributed by atoms with Crippen LogP contribution < -0.4 is 5.32 Å². The molecule has 0 amide bonds. The molecule has 78 valence electrons. The number of furan rings is 1. The quantitative estimate of drug-likeness (QED) is 0.800. The second-order valence-corrected chi connectivity index (χ2v) is 4.25. The van der Waals surface area contributed by atoms with Gasteiger partial charge in [0, 0.05) is 12.6 Å². The Bertz CT molecular complexity index is 279. The third kappa shape index (κ3) is 1.99. The predicted octanol–water partition coefficient (Wildman–Crippen LogP) is 1.94. The Balaban J connectivity index is 1.86. The first-order valence-electron chi connectivity index (χ1n) is 5.08. The van der Waals surface area contributed by atoms with E-state index in [4.69, 9.17) is 9.15 Å². The van der Waals surface area contributed by atoms with Crippen LogP contribution in [0.3, 0.4) is 0 Å². The van der Waals surface area contributed by atoms with Gasteiger partial charge in [-0.2, -0.15) is 0 Å². The molecule has 1 aromatic heterocycles. The van der Waals surface area contributed by atoms with E-state index in [1.165, 1.54) is 0 Å². The van der Waals surface area contributed by atoms with Crippen molar-refractivity contribution in [2.45, 2.75) is 38.5 Å². The first-order chi connectivity index (χ1) is 6.68. The smallest absolute Gasteiger partial charge is 0.117 e. The van der Waals surface area contributed by atoms with Crippen LogP contribution in [0.4, 0.5) is 0 Å². The SMILES string of the molecule is CC1(C)OCCC1NCc1ccco1. The summed E-state index contributed by atoms with van der Waals surface area (Å²) >= 11 is 0. The molecule has 0 bridgehead atoms. The molecule has 1 saturated heterocycles. The van der Waals surface area contributed by atoms with E-state index in [1.807, 2.05) is 12.1 Å². The van der Waals surface area contributed by atoms with E-state index >= 15 is 0 Å². The molecule has 1 N–H and O–H groups in total. The summed E-state index contributed by atoms with van der Waals surface area (Å²) in [5.41, 5.74) is -0.0490. The summed E-state index contributed by atoms with van der Waals surface area (Å²) in [6.07, 6.45) is 2.78. The minimum absolute atomic E-state index is 0.0490. The van der Waals surface area contributed by atoms with Gasteiger partial charge >= 0.3 is 0 Å². The number of ether oxygens (including phenoxy) is 1. The van der Waals surface area contributed by atoms with Crippen molar-refractivity contribution < 1.29 is 9.15 Å². The van der Waals surface area contributed by atoms with Gasteiger partial charge in [0.1, 0.15) is 5.76 Å². The first-order valence-corrected chi connectivity index (χ1v) is 5.08. The van der Waals surface area contributed by atoms with Crippen molar-refractivity contribution in [2.24, 2.45) is 0 Å². The molecular weight excluding hydrogens is 178 g/mol. The van der Waals surface area contributed by atoms with Crippen molar-refractivity contribution in [2.75, 3.05) is 6.61 Å². The van der Waals surface area contributed by atoms with Crippen molar-refractivity contribution >= 4 is 0 Å². The van der Waals surface area contributed by atoms with Gasteiger partial charge in [0.15, 0.2) is 0 Å². The summed E-state index contributed by atoms with van der Waals surface area (Å²) in [4.78, 5) is 0. The molecule has 1 fully saturated rings. The first kappa shape index (κ1) is 9.74. The lowest BCUT2D eigenvalue weighted by Gasteiger charge is -2.26. The molecule has 1 atom stereocenters. The van der Waals surface area contributed by atoms with Gasteiger partial charge in [0.2, 0.25) is 0 Å². The Morgan fingerprint density at radius 3 is 3.00 bits per heavy atom. The zero-order valence-corrected chi connectivity index (χ0v) is 8.75. The van der Waals surface area contributed by atoms with Crippen LogP contribution in [0.1, 0.15) is 26.0 Å². The summed E-state index contributed by atoms with van der Waals surface area (Å²) < 4.78 is 10.9. The number of nitrogens with one attached hydrogen (secondary N) is 1. The van der Waals surface area contributed by atoms with Crippen LogP contribution in [0.2, 0.25) is 0 Å². The van der Waals surface area contributed by atoms with Crippen LogP contribution in [-0.4, -0.2) is 18.2 Å². The lowest BCUT2D eigenvalue weighted by Crippen LogP contribution is -2.42. The van der Waals surface area contributed by atoms with Gasteiger partial charge in [0.25, 0.3) is 0 Å². The van der Waals surface area contributed by atoms with Crippen LogP contribution in [0.5, 0.6) is 0 Å². The second-order valence-electron chi connectivity index (χ2n) is 4.25. The lowest BCUT2D eigenvalue weighted by atomic mass is 9.99. The van der Waals surface area contributed by atoms with E-state index in [9.17, 15) is 0 Å². The Labute approximate surface area is 84.4 Å². The van der Waals surface area contributed by atoms with Crippen LogP contribution >= 0.6 is 0 Å². The average Bonchev–Trinajstić information content (AvgIpc) is 2.71. The van der Waals surface area contributed by atoms with Gasteiger partial charge in [-0.15, -0.1) is 0 Å². The lowest BCUT2D eigenvalue weighted by molar-refractivity contribution is 0.0211. The topological polar surface area (TPSA) is 34.4 Å². The molecule has 0 aromatic carbocycles. The molecule has 0 saturated carbocycles. The number of hydrogen-bond acceptors (Lipinski definition) is 3. The largest absolute Gasteiger partial charge is 0.468 e. The van der Waals surface area contributed by atoms with E-state index < -0.39 is 0 Å². The highest BCUT2D eigenvalue weighted by Crippen LogP contribution is 2.25. The Hall–Kier alpha value is -0.800. The third-order valence-electron chi connectivity index (χ3n) is 2.82. The Morgan fingerprint density at radius 2 is 2.43 bits per heavy atom. The van der Waals surface area contributed by atoms with Crippen LogP contribution in [-0.2, 0) is 11.3 Å². The summed E-state index contributed by atoms with van der Waals surface area (Å²) in [5.74, 6) is 0.979. The fraction of sp³-hybridized carbons (Fsp3) is 0.636. The van der Waals surface area contributed by atoms with Gasteiger partial charge in [-0.25, -0.2) is 0 Å². The fourth-order valence-corrected chi connectivity index (χ4v) is 1.87. The van der Waals surface area contributed by atoms with Crippen molar-refractivity contribution in [3.63, 3.8) is 0 Å². The predicted molar refractivity (Wildman–Crippen MR) is 54.0 cm³/mol. The molecule has 0 aliphatic carbocycles. The molecule has 1 unspecified atom stereocenters. The molecule has 3 heteroatoms. The summed E-state index contributed by atoms with van der Waals surface area (Å²) in [7, 11) is 0. The average molecular weight is 195 g/mol. The van der Waals surface area contributed by atoms with Gasteiger partial charge in [0.05, 0.1) is 18.4 Å².